The zero-order valence-electron chi connectivity index (χ0n) is 15.1. The molecule has 0 atom stereocenters. The van der Waals surface area contributed by atoms with Crippen LogP contribution in [0.5, 0.6) is 0 Å². The predicted octanol–water partition coefficient (Wildman–Crippen LogP) is 4.87. The van der Waals surface area contributed by atoms with E-state index < -0.39 is 49.5 Å². The molecule has 8 nitrogen and oxygen atoms in total. The van der Waals surface area contributed by atoms with Crippen LogP contribution in [-0.2, 0) is 11.0 Å². The molecule has 0 aliphatic heterocycles. The Morgan fingerprint density at radius 1 is 1.07 bits per heavy atom. The summed E-state index contributed by atoms with van der Waals surface area (Å²) in [6.45, 7) is 3.50. The zero-order chi connectivity index (χ0) is 21.9. The molecule has 0 aliphatic carbocycles. The lowest BCUT2D eigenvalue weighted by Gasteiger charge is -2.12. The van der Waals surface area contributed by atoms with Gasteiger partial charge in [0, 0.05) is 17.8 Å². The van der Waals surface area contributed by atoms with Crippen molar-refractivity contribution in [3.05, 3.63) is 67.3 Å². The van der Waals surface area contributed by atoms with Crippen molar-refractivity contribution in [3.63, 3.8) is 0 Å². The van der Waals surface area contributed by atoms with E-state index in [4.69, 9.17) is 0 Å². The van der Waals surface area contributed by atoms with E-state index in [1.54, 1.807) is 32.0 Å². The van der Waals surface area contributed by atoms with E-state index in [1.807, 2.05) is 0 Å². The van der Waals surface area contributed by atoms with Gasteiger partial charge in [0.2, 0.25) is 5.91 Å². The number of amides is 1. The highest BCUT2D eigenvalue weighted by molar-refractivity contribution is 8.00. The summed E-state index contributed by atoms with van der Waals surface area (Å²) in [5.74, 6) is -1.09. The SMILES string of the molecule is Cc1cccc(C)c1NC(=O)CSc1c([N+](=O)[O-])cc(C(F)(F)F)cc1[N+](=O)[O-]. The monoisotopic (exact) mass is 429 g/mol. The fourth-order valence-corrected chi connectivity index (χ4v) is 3.42. The first-order valence-electron chi connectivity index (χ1n) is 7.94. The number of hydrogen-bond acceptors (Lipinski definition) is 6. The minimum Gasteiger partial charge on any atom is -0.325 e. The van der Waals surface area contributed by atoms with Gasteiger partial charge in [0.25, 0.3) is 11.4 Å². The minimum atomic E-state index is -5.00. The molecule has 2 aromatic rings. The lowest BCUT2D eigenvalue weighted by atomic mass is 10.1. The summed E-state index contributed by atoms with van der Waals surface area (Å²) in [6, 6.07) is 5.73. The zero-order valence-corrected chi connectivity index (χ0v) is 15.9. The van der Waals surface area contributed by atoms with Crippen molar-refractivity contribution in [3.8, 4) is 0 Å². The summed E-state index contributed by atoms with van der Waals surface area (Å²) < 4.78 is 38.8. The largest absolute Gasteiger partial charge is 0.416 e. The van der Waals surface area contributed by atoms with Gasteiger partial charge in [-0.1, -0.05) is 18.2 Å². The normalized spacial score (nSPS) is 11.2. The van der Waals surface area contributed by atoms with Gasteiger partial charge >= 0.3 is 6.18 Å². The van der Waals surface area contributed by atoms with Gasteiger partial charge in [0.1, 0.15) is 0 Å². The van der Waals surface area contributed by atoms with E-state index in [-0.39, 0.29) is 12.1 Å². The van der Waals surface area contributed by atoms with Crippen LogP contribution in [0.3, 0.4) is 0 Å². The highest BCUT2D eigenvalue weighted by Gasteiger charge is 2.37. The van der Waals surface area contributed by atoms with Crippen LogP contribution in [0, 0.1) is 34.1 Å². The van der Waals surface area contributed by atoms with E-state index in [2.05, 4.69) is 5.32 Å². The molecule has 0 unspecified atom stereocenters. The molecule has 2 rings (SSSR count). The fourth-order valence-electron chi connectivity index (χ4n) is 2.51. The number of anilines is 1. The summed E-state index contributed by atoms with van der Waals surface area (Å²) in [4.78, 5) is 31.7. The number of alkyl halides is 3. The number of benzene rings is 2. The first-order valence-corrected chi connectivity index (χ1v) is 8.93. The summed E-state index contributed by atoms with van der Waals surface area (Å²) in [7, 11) is 0. The van der Waals surface area contributed by atoms with Gasteiger partial charge in [0.15, 0.2) is 4.90 Å². The smallest absolute Gasteiger partial charge is 0.325 e. The Bertz CT molecular complexity index is 940. The van der Waals surface area contributed by atoms with Crippen LogP contribution in [0.2, 0.25) is 0 Å². The Morgan fingerprint density at radius 2 is 1.55 bits per heavy atom. The maximum atomic E-state index is 12.9. The summed E-state index contributed by atoms with van der Waals surface area (Å²) in [5.41, 5.74) is -1.65. The number of aryl methyl sites for hydroxylation is 2. The molecule has 29 heavy (non-hydrogen) atoms. The average molecular weight is 429 g/mol. The van der Waals surface area contributed by atoms with E-state index in [0.717, 1.165) is 11.1 Å². The lowest BCUT2D eigenvalue weighted by molar-refractivity contribution is -0.400. The molecule has 1 N–H and O–H groups in total. The highest BCUT2D eigenvalue weighted by Crippen LogP contribution is 2.42. The molecule has 0 fully saturated rings. The van der Waals surface area contributed by atoms with Crippen LogP contribution in [0.15, 0.2) is 35.2 Å². The predicted molar refractivity (Wildman–Crippen MR) is 100 cm³/mol. The number of halogens is 3. The van der Waals surface area contributed by atoms with E-state index in [1.165, 1.54) is 0 Å². The van der Waals surface area contributed by atoms with Gasteiger partial charge in [-0.15, -0.1) is 11.8 Å². The Morgan fingerprint density at radius 3 is 1.97 bits per heavy atom. The van der Waals surface area contributed by atoms with Crippen molar-refractivity contribution in [1.29, 1.82) is 0 Å². The molecule has 0 heterocycles. The summed E-state index contributed by atoms with van der Waals surface area (Å²) >= 11 is 0.426. The lowest BCUT2D eigenvalue weighted by Crippen LogP contribution is -2.16. The van der Waals surface area contributed by atoms with E-state index in [0.29, 0.717) is 17.4 Å². The van der Waals surface area contributed by atoms with Gasteiger partial charge < -0.3 is 5.32 Å². The number of hydrogen-bond donors (Lipinski definition) is 1. The number of rotatable bonds is 6. The Hall–Kier alpha value is -3.15. The van der Waals surface area contributed by atoms with Gasteiger partial charge in [0.05, 0.1) is 21.2 Å². The number of carbonyl (C=O) groups excluding carboxylic acids is 1. The van der Waals surface area contributed by atoms with Crippen LogP contribution in [0.4, 0.5) is 30.2 Å². The van der Waals surface area contributed by atoms with Crippen molar-refractivity contribution >= 4 is 34.7 Å². The van der Waals surface area contributed by atoms with Crippen LogP contribution >= 0.6 is 11.8 Å². The quantitative estimate of drug-likeness (QED) is 0.398. The first kappa shape index (κ1) is 22.1. The second-order valence-electron chi connectivity index (χ2n) is 5.96. The van der Waals surface area contributed by atoms with Crippen LogP contribution in [0.1, 0.15) is 16.7 Å². The van der Waals surface area contributed by atoms with E-state index >= 15 is 0 Å². The maximum Gasteiger partial charge on any atom is 0.416 e. The van der Waals surface area contributed by atoms with Gasteiger partial charge in [-0.3, -0.25) is 25.0 Å². The maximum absolute atomic E-state index is 12.9. The first-order chi connectivity index (χ1) is 13.4. The minimum absolute atomic E-state index is 0.221. The second-order valence-corrected chi connectivity index (χ2v) is 6.94. The molecular formula is C17H14F3N3O5S. The molecule has 0 bridgehead atoms. The number of para-hydroxylation sites is 1. The van der Waals surface area contributed by atoms with Gasteiger partial charge in [-0.25, -0.2) is 0 Å². The van der Waals surface area contributed by atoms with Crippen molar-refractivity contribution in [2.24, 2.45) is 0 Å². The third-order valence-electron chi connectivity index (χ3n) is 3.86. The van der Waals surface area contributed by atoms with Crippen molar-refractivity contribution in [2.75, 3.05) is 11.1 Å². The molecule has 0 saturated heterocycles. The molecule has 1 amide bonds. The number of nitro benzene ring substituents is 2. The Kier molecular flexibility index (Phi) is 6.47. The van der Waals surface area contributed by atoms with Crippen LogP contribution in [0.25, 0.3) is 0 Å². The number of carbonyl (C=O) groups is 1. The third kappa shape index (κ3) is 5.22. The molecule has 2 aromatic carbocycles. The highest BCUT2D eigenvalue weighted by atomic mass is 32.2. The number of nitro groups is 2. The second kappa shape index (κ2) is 8.47. The Labute approximate surface area is 166 Å². The van der Waals surface area contributed by atoms with Gasteiger partial charge in [-0.05, 0) is 25.0 Å². The van der Waals surface area contributed by atoms with Crippen molar-refractivity contribution < 1.29 is 27.8 Å². The summed E-state index contributed by atoms with van der Waals surface area (Å²) in [6.07, 6.45) is -5.00. The van der Waals surface area contributed by atoms with Crippen LogP contribution < -0.4 is 5.32 Å². The number of nitrogens with one attached hydrogen (secondary N) is 1. The topological polar surface area (TPSA) is 115 Å². The third-order valence-corrected chi connectivity index (χ3v) is 4.98. The molecule has 0 saturated carbocycles. The fraction of sp³-hybridized carbons (Fsp3) is 0.235. The molecule has 154 valence electrons. The molecular weight excluding hydrogens is 415 g/mol. The van der Waals surface area contributed by atoms with Crippen LogP contribution in [-0.4, -0.2) is 21.5 Å². The molecule has 0 aromatic heterocycles. The van der Waals surface area contributed by atoms with Crippen molar-refractivity contribution in [2.45, 2.75) is 24.9 Å². The molecule has 0 aliphatic rings. The number of thioether (sulfide) groups is 1. The molecule has 0 spiro atoms. The summed E-state index contributed by atoms with van der Waals surface area (Å²) in [5, 5.41) is 25.0. The number of nitrogens with zero attached hydrogens (tertiary/aromatic N) is 2. The van der Waals surface area contributed by atoms with Gasteiger partial charge in [-0.2, -0.15) is 13.2 Å². The standard InChI is InChI=1S/C17H14F3N3O5S/c1-9-4-3-5-10(2)15(9)21-14(24)8-29-16-12(22(25)26)6-11(17(18,19)20)7-13(16)23(27)28/h3-7H,8H2,1-2H3,(H,21,24). The van der Waals surface area contributed by atoms with E-state index in [9.17, 15) is 38.2 Å². The van der Waals surface area contributed by atoms with Crippen molar-refractivity contribution in [1.82, 2.24) is 0 Å². The average Bonchev–Trinajstić information content (AvgIpc) is 2.61. The molecule has 12 heteroatoms. The molecule has 0 radical (unpaired) electrons. The Balaban J connectivity index is 2.35.